The summed E-state index contributed by atoms with van der Waals surface area (Å²) in [5.41, 5.74) is 0. The standard InChI is InChI=1S/C3H2NS.3C3H7.Sn/c1-2-5-3-4-1;3*1-3-2;/h1-2H;3*1,3H2,2H3;. The topological polar surface area (TPSA) is 12.9 Å². The molecule has 0 radical (unpaired) electrons. The van der Waals surface area contributed by atoms with Crippen molar-refractivity contribution in [2.24, 2.45) is 0 Å². The third kappa shape index (κ3) is 3.45. The van der Waals surface area contributed by atoms with E-state index in [0.29, 0.717) is 0 Å². The fourth-order valence-corrected chi connectivity index (χ4v) is 21.2. The number of rotatable bonds is 7. The second-order valence-electron chi connectivity index (χ2n) is 4.37. The van der Waals surface area contributed by atoms with Gasteiger partial charge in [0, 0.05) is 0 Å². The molecule has 0 aliphatic rings. The van der Waals surface area contributed by atoms with Crippen LogP contribution in [-0.2, 0) is 0 Å². The second-order valence-corrected chi connectivity index (χ2v) is 19.2. The zero-order valence-electron chi connectivity index (χ0n) is 10.3. The Bertz CT molecular complexity index is 242. The second kappa shape index (κ2) is 6.89. The molecular formula is C12H23NSSn. The van der Waals surface area contributed by atoms with Gasteiger partial charge in [0.15, 0.2) is 0 Å². The Kier molecular flexibility index (Phi) is 6.20. The van der Waals surface area contributed by atoms with Gasteiger partial charge >= 0.3 is 103 Å². The van der Waals surface area contributed by atoms with E-state index < -0.39 is 18.4 Å². The monoisotopic (exact) mass is 333 g/mol. The maximum atomic E-state index is 4.66. The molecule has 0 unspecified atom stereocenters. The van der Waals surface area contributed by atoms with E-state index in [1.807, 2.05) is 17.5 Å². The van der Waals surface area contributed by atoms with Crippen LogP contribution in [0, 0.1) is 0 Å². The van der Waals surface area contributed by atoms with Gasteiger partial charge in [-0.25, -0.2) is 0 Å². The first-order valence-electron chi connectivity index (χ1n) is 6.19. The van der Waals surface area contributed by atoms with Gasteiger partial charge in [-0.15, -0.1) is 0 Å². The van der Waals surface area contributed by atoms with Gasteiger partial charge in [0.2, 0.25) is 0 Å². The zero-order chi connectivity index (χ0) is 11.1. The number of aromatic nitrogens is 1. The predicted molar refractivity (Wildman–Crippen MR) is 72.8 cm³/mol. The summed E-state index contributed by atoms with van der Waals surface area (Å²) in [4.78, 5) is 4.66. The average Bonchev–Trinajstić information content (AvgIpc) is 2.72. The molecule has 0 saturated carbocycles. The van der Waals surface area contributed by atoms with Crippen molar-refractivity contribution in [2.75, 3.05) is 0 Å². The van der Waals surface area contributed by atoms with Crippen LogP contribution in [0.15, 0.2) is 11.6 Å². The quantitative estimate of drug-likeness (QED) is 0.687. The van der Waals surface area contributed by atoms with Crippen molar-refractivity contribution in [3.63, 3.8) is 0 Å². The Balaban J connectivity index is 2.90. The van der Waals surface area contributed by atoms with Crippen LogP contribution in [0.2, 0.25) is 13.3 Å². The third-order valence-electron chi connectivity index (χ3n) is 3.07. The van der Waals surface area contributed by atoms with Crippen molar-refractivity contribution in [1.29, 1.82) is 0 Å². The molecule has 0 fully saturated rings. The first-order chi connectivity index (χ1) is 7.29. The van der Waals surface area contributed by atoms with Crippen molar-refractivity contribution in [3.05, 3.63) is 11.6 Å². The van der Waals surface area contributed by atoms with Crippen LogP contribution < -0.4 is 3.02 Å². The summed E-state index contributed by atoms with van der Waals surface area (Å²) in [6, 6.07) is 0. The van der Waals surface area contributed by atoms with Crippen molar-refractivity contribution < 1.29 is 0 Å². The summed E-state index contributed by atoms with van der Waals surface area (Å²) < 4.78 is 6.09. The molecule has 1 aromatic rings. The number of nitrogens with zero attached hydrogens (tertiary/aromatic N) is 1. The van der Waals surface area contributed by atoms with Crippen molar-refractivity contribution in [3.8, 4) is 0 Å². The summed E-state index contributed by atoms with van der Waals surface area (Å²) >= 11 is -0.0959. The van der Waals surface area contributed by atoms with E-state index in [1.165, 1.54) is 32.6 Å². The predicted octanol–water partition coefficient (Wildman–Crippen LogP) is 4.03. The zero-order valence-corrected chi connectivity index (χ0v) is 13.9. The van der Waals surface area contributed by atoms with Gasteiger partial charge < -0.3 is 0 Å². The molecule has 0 aliphatic carbocycles. The first kappa shape index (κ1) is 13.5. The van der Waals surface area contributed by atoms with Crippen molar-refractivity contribution >= 4 is 32.7 Å². The summed E-state index contributed by atoms with van der Waals surface area (Å²) in [5, 5.41) is 2.17. The SMILES string of the molecule is CC[CH2][Sn]([CH2]CC)([CH2]CC)[c]1nccs1. The molecule has 0 amide bonds. The molecule has 1 aromatic heterocycles. The summed E-state index contributed by atoms with van der Waals surface area (Å²) in [5.74, 6) is 0. The van der Waals surface area contributed by atoms with Crippen molar-refractivity contribution in [2.45, 2.75) is 53.3 Å². The van der Waals surface area contributed by atoms with Crippen LogP contribution in [0.25, 0.3) is 0 Å². The Labute approximate surface area is 102 Å². The number of hydrogen-bond acceptors (Lipinski definition) is 2. The van der Waals surface area contributed by atoms with E-state index >= 15 is 0 Å². The minimum absolute atomic E-state index is 1.36. The van der Waals surface area contributed by atoms with Crippen LogP contribution >= 0.6 is 11.3 Å². The molecule has 3 heteroatoms. The molecule has 15 heavy (non-hydrogen) atoms. The van der Waals surface area contributed by atoms with Gasteiger partial charge in [-0.2, -0.15) is 0 Å². The molecule has 0 aliphatic heterocycles. The maximum absolute atomic E-state index is 4.66. The normalized spacial score (nSPS) is 11.9. The molecule has 0 atom stereocenters. The van der Waals surface area contributed by atoms with Crippen molar-refractivity contribution in [1.82, 2.24) is 4.98 Å². The number of thiazole rings is 1. The van der Waals surface area contributed by atoms with Gasteiger partial charge in [-0.1, -0.05) is 0 Å². The fraction of sp³-hybridized carbons (Fsp3) is 0.750. The van der Waals surface area contributed by atoms with Gasteiger partial charge in [0.1, 0.15) is 0 Å². The van der Waals surface area contributed by atoms with Crippen LogP contribution in [-0.4, -0.2) is 23.4 Å². The van der Waals surface area contributed by atoms with Gasteiger partial charge in [-0.05, 0) is 0 Å². The Morgan fingerprint density at radius 3 is 1.93 bits per heavy atom. The van der Waals surface area contributed by atoms with Gasteiger partial charge in [0.25, 0.3) is 0 Å². The molecular weight excluding hydrogens is 309 g/mol. The molecule has 0 saturated heterocycles. The van der Waals surface area contributed by atoms with E-state index in [4.69, 9.17) is 0 Å². The molecule has 0 spiro atoms. The van der Waals surface area contributed by atoms with E-state index in [2.05, 4.69) is 31.1 Å². The number of hydrogen-bond donors (Lipinski definition) is 0. The van der Waals surface area contributed by atoms with Crippen LogP contribution in [0.5, 0.6) is 0 Å². The van der Waals surface area contributed by atoms with E-state index in [1.54, 1.807) is 3.02 Å². The Morgan fingerprint density at radius 2 is 1.60 bits per heavy atom. The van der Waals surface area contributed by atoms with E-state index in [0.717, 1.165) is 0 Å². The Morgan fingerprint density at radius 1 is 1.07 bits per heavy atom. The Hall–Kier alpha value is 0.429. The molecule has 0 bridgehead atoms. The molecule has 1 rings (SSSR count). The van der Waals surface area contributed by atoms with Crippen LogP contribution in [0.1, 0.15) is 40.0 Å². The third-order valence-corrected chi connectivity index (χ3v) is 23.0. The average molecular weight is 332 g/mol. The van der Waals surface area contributed by atoms with E-state index in [-0.39, 0.29) is 0 Å². The first-order valence-corrected chi connectivity index (χ1v) is 14.5. The van der Waals surface area contributed by atoms with Gasteiger partial charge in [-0.3, -0.25) is 0 Å². The fourth-order valence-electron chi connectivity index (χ4n) is 2.62. The minimum atomic E-state index is -2.03. The van der Waals surface area contributed by atoms with E-state index in [9.17, 15) is 0 Å². The summed E-state index contributed by atoms with van der Waals surface area (Å²) in [7, 11) is 0. The summed E-state index contributed by atoms with van der Waals surface area (Å²) in [6.45, 7) is 7.01. The van der Waals surface area contributed by atoms with Gasteiger partial charge in [0.05, 0.1) is 0 Å². The molecule has 0 N–H and O–H groups in total. The molecule has 0 aromatic carbocycles. The summed E-state index contributed by atoms with van der Waals surface area (Å²) in [6.07, 6.45) is 6.08. The molecule has 86 valence electrons. The molecule has 1 heterocycles. The van der Waals surface area contributed by atoms with Crippen LogP contribution in [0.3, 0.4) is 0 Å². The molecule has 1 nitrogen and oxygen atoms in total. The van der Waals surface area contributed by atoms with Crippen LogP contribution in [0.4, 0.5) is 0 Å².